The fourth-order valence-electron chi connectivity index (χ4n) is 1.70. The Balaban J connectivity index is 1.86. The third kappa shape index (κ3) is 2.94. The molecular weight excluding hydrogens is 192 g/mol. The minimum Gasteiger partial charge on any atom is -0.491 e. The summed E-state index contributed by atoms with van der Waals surface area (Å²) in [6, 6.07) is 7.51. The monoisotopic (exact) mass is 208 g/mol. The van der Waals surface area contributed by atoms with Crippen LogP contribution >= 0.6 is 0 Å². The molecule has 0 bridgehead atoms. The summed E-state index contributed by atoms with van der Waals surface area (Å²) in [6.45, 7) is 1.51. The Morgan fingerprint density at radius 1 is 1.47 bits per heavy atom. The van der Waals surface area contributed by atoms with E-state index in [2.05, 4.69) is 0 Å². The van der Waals surface area contributed by atoms with Crippen LogP contribution in [0.5, 0.6) is 5.75 Å². The van der Waals surface area contributed by atoms with Gasteiger partial charge in [-0.15, -0.1) is 0 Å². The van der Waals surface area contributed by atoms with Crippen LogP contribution in [-0.2, 0) is 11.3 Å². The van der Waals surface area contributed by atoms with Crippen LogP contribution in [0, 0.1) is 0 Å². The summed E-state index contributed by atoms with van der Waals surface area (Å²) >= 11 is 0. The van der Waals surface area contributed by atoms with Gasteiger partial charge < -0.3 is 14.6 Å². The lowest BCUT2D eigenvalue weighted by Gasteiger charge is -2.11. The summed E-state index contributed by atoms with van der Waals surface area (Å²) in [4.78, 5) is 0. The molecule has 0 radical (unpaired) electrons. The van der Waals surface area contributed by atoms with E-state index in [0.29, 0.717) is 6.61 Å². The zero-order valence-corrected chi connectivity index (χ0v) is 8.69. The maximum absolute atomic E-state index is 8.96. The van der Waals surface area contributed by atoms with E-state index in [-0.39, 0.29) is 12.7 Å². The number of rotatable bonds is 4. The van der Waals surface area contributed by atoms with Gasteiger partial charge in [-0.25, -0.2) is 0 Å². The topological polar surface area (TPSA) is 38.7 Å². The van der Waals surface area contributed by atoms with E-state index >= 15 is 0 Å². The highest BCUT2D eigenvalue weighted by atomic mass is 16.5. The summed E-state index contributed by atoms with van der Waals surface area (Å²) in [7, 11) is 0. The van der Waals surface area contributed by atoms with Gasteiger partial charge in [-0.05, 0) is 30.5 Å². The van der Waals surface area contributed by atoms with Crippen LogP contribution in [-0.4, -0.2) is 24.4 Å². The zero-order valence-electron chi connectivity index (χ0n) is 8.69. The normalized spacial score (nSPS) is 20.5. The summed E-state index contributed by atoms with van der Waals surface area (Å²) in [6.07, 6.45) is 2.45. The lowest BCUT2D eigenvalue weighted by atomic mass is 10.2. The smallest absolute Gasteiger partial charge is 0.119 e. The van der Waals surface area contributed by atoms with E-state index in [1.807, 2.05) is 24.3 Å². The summed E-state index contributed by atoms with van der Waals surface area (Å²) in [5, 5.41) is 8.96. The second-order valence-corrected chi connectivity index (χ2v) is 3.75. The maximum Gasteiger partial charge on any atom is 0.119 e. The van der Waals surface area contributed by atoms with E-state index < -0.39 is 0 Å². The van der Waals surface area contributed by atoms with Crippen molar-refractivity contribution in [3.8, 4) is 5.75 Å². The van der Waals surface area contributed by atoms with E-state index in [9.17, 15) is 0 Å². The highest BCUT2D eigenvalue weighted by Gasteiger charge is 2.15. The highest BCUT2D eigenvalue weighted by Crippen LogP contribution is 2.17. The zero-order chi connectivity index (χ0) is 10.5. The molecule has 0 aromatic heterocycles. The van der Waals surface area contributed by atoms with Crippen LogP contribution in [0.3, 0.4) is 0 Å². The Hall–Kier alpha value is -1.06. The van der Waals surface area contributed by atoms with Gasteiger partial charge in [-0.2, -0.15) is 0 Å². The number of hydrogen-bond acceptors (Lipinski definition) is 3. The Bertz CT molecular complexity index is 305. The largest absolute Gasteiger partial charge is 0.491 e. The molecule has 1 atom stereocenters. The van der Waals surface area contributed by atoms with Gasteiger partial charge in [0.05, 0.1) is 12.7 Å². The second kappa shape index (κ2) is 5.14. The van der Waals surface area contributed by atoms with Gasteiger partial charge in [0.25, 0.3) is 0 Å². The molecule has 3 nitrogen and oxygen atoms in total. The van der Waals surface area contributed by atoms with Gasteiger partial charge in [0.2, 0.25) is 0 Å². The molecule has 1 aliphatic rings. The molecule has 1 aromatic rings. The van der Waals surface area contributed by atoms with Crippen molar-refractivity contribution in [3.05, 3.63) is 29.8 Å². The molecular formula is C12H16O3. The van der Waals surface area contributed by atoms with Crippen molar-refractivity contribution in [1.29, 1.82) is 0 Å². The maximum atomic E-state index is 8.96. The lowest BCUT2D eigenvalue weighted by molar-refractivity contribution is 0.0679. The molecule has 1 aliphatic heterocycles. The molecule has 15 heavy (non-hydrogen) atoms. The number of benzene rings is 1. The van der Waals surface area contributed by atoms with Crippen molar-refractivity contribution in [1.82, 2.24) is 0 Å². The first-order chi connectivity index (χ1) is 7.38. The average molecular weight is 208 g/mol. The summed E-state index contributed by atoms with van der Waals surface area (Å²) in [5.41, 5.74) is 0.875. The van der Waals surface area contributed by atoms with Crippen LogP contribution in [0.1, 0.15) is 18.4 Å². The van der Waals surface area contributed by atoms with Crippen molar-refractivity contribution in [2.75, 3.05) is 13.2 Å². The molecule has 0 saturated carbocycles. The fraction of sp³-hybridized carbons (Fsp3) is 0.500. The molecule has 1 N–H and O–H groups in total. The molecule has 0 spiro atoms. The van der Waals surface area contributed by atoms with E-state index in [1.165, 1.54) is 0 Å². The number of aliphatic hydroxyl groups excluding tert-OH is 1. The predicted molar refractivity (Wildman–Crippen MR) is 56.8 cm³/mol. The molecule has 82 valence electrons. The van der Waals surface area contributed by atoms with Gasteiger partial charge >= 0.3 is 0 Å². The molecule has 1 aromatic carbocycles. The van der Waals surface area contributed by atoms with Crippen LogP contribution in [0.15, 0.2) is 24.3 Å². The first kappa shape index (κ1) is 10.5. The van der Waals surface area contributed by atoms with Crippen LogP contribution in [0.25, 0.3) is 0 Å². The van der Waals surface area contributed by atoms with Gasteiger partial charge in [0, 0.05) is 6.61 Å². The van der Waals surface area contributed by atoms with E-state index in [4.69, 9.17) is 14.6 Å². The van der Waals surface area contributed by atoms with Gasteiger partial charge in [-0.1, -0.05) is 12.1 Å². The first-order valence-corrected chi connectivity index (χ1v) is 5.32. The summed E-state index contributed by atoms with van der Waals surface area (Å²) < 4.78 is 11.1. The second-order valence-electron chi connectivity index (χ2n) is 3.75. The molecule has 3 heteroatoms. The Morgan fingerprint density at radius 3 is 3.13 bits per heavy atom. The average Bonchev–Trinajstić information content (AvgIpc) is 2.79. The molecule has 0 amide bonds. The Kier molecular flexibility index (Phi) is 3.59. The number of aliphatic hydroxyl groups is 1. The van der Waals surface area contributed by atoms with E-state index in [1.54, 1.807) is 0 Å². The van der Waals surface area contributed by atoms with Crippen molar-refractivity contribution in [3.63, 3.8) is 0 Å². The SMILES string of the molecule is OCc1cccc(OCC2CCCO2)c1. The molecule has 2 rings (SSSR count). The molecule has 1 heterocycles. The lowest BCUT2D eigenvalue weighted by Crippen LogP contribution is -2.16. The van der Waals surface area contributed by atoms with Crippen LogP contribution in [0.4, 0.5) is 0 Å². The predicted octanol–water partition coefficient (Wildman–Crippen LogP) is 1.74. The fourth-order valence-corrected chi connectivity index (χ4v) is 1.70. The third-order valence-electron chi connectivity index (χ3n) is 2.54. The molecule has 1 saturated heterocycles. The quantitative estimate of drug-likeness (QED) is 0.819. The first-order valence-electron chi connectivity index (χ1n) is 5.32. The molecule has 1 unspecified atom stereocenters. The van der Waals surface area contributed by atoms with Gasteiger partial charge in [-0.3, -0.25) is 0 Å². The van der Waals surface area contributed by atoms with Crippen molar-refractivity contribution < 1.29 is 14.6 Å². The van der Waals surface area contributed by atoms with Crippen molar-refractivity contribution in [2.45, 2.75) is 25.6 Å². The Labute approximate surface area is 89.6 Å². The number of hydrogen-bond donors (Lipinski definition) is 1. The van der Waals surface area contributed by atoms with Crippen molar-refractivity contribution >= 4 is 0 Å². The van der Waals surface area contributed by atoms with Gasteiger partial charge in [0.15, 0.2) is 0 Å². The van der Waals surface area contributed by atoms with E-state index in [0.717, 1.165) is 30.8 Å². The molecule has 0 aliphatic carbocycles. The van der Waals surface area contributed by atoms with Crippen molar-refractivity contribution in [2.24, 2.45) is 0 Å². The van der Waals surface area contributed by atoms with Gasteiger partial charge in [0.1, 0.15) is 12.4 Å². The minimum absolute atomic E-state index is 0.0527. The molecule has 1 fully saturated rings. The third-order valence-corrected chi connectivity index (χ3v) is 2.54. The van der Waals surface area contributed by atoms with Crippen LogP contribution in [0.2, 0.25) is 0 Å². The highest BCUT2D eigenvalue weighted by molar-refractivity contribution is 5.27. The number of ether oxygens (including phenoxy) is 2. The van der Waals surface area contributed by atoms with Crippen LogP contribution < -0.4 is 4.74 Å². The summed E-state index contributed by atoms with van der Waals surface area (Å²) in [5.74, 6) is 0.803. The standard InChI is InChI=1S/C12H16O3/c13-8-10-3-1-4-11(7-10)15-9-12-5-2-6-14-12/h1,3-4,7,12-13H,2,5-6,8-9H2. The Morgan fingerprint density at radius 2 is 2.40 bits per heavy atom. The minimum atomic E-state index is 0.0527.